The lowest BCUT2D eigenvalue weighted by Crippen LogP contribution is -2.58. The van der Waals surface area contributed by atoms with Gasteiger partial charge in [0.1, 0.15) is 0 Å². The number of carbonyl (C=O) groups is 1. The summed E-state index contributed by atoms with van der Waals surface area (Å²) >= 11 is 1.83. The first-order valence-corrected chi connectivity index (χ1v) is 10.8. The number of allylic oxidation sites excluding steroid dienone is 2. The Morgan fingerprint density at radius 2 is 2.08 bits per heavy atom. The third kappa shape index (κ3) is 3.75. The van der Waals surface area contributed by atoms with Crippen molar-refractivity contribution in [1.82, 2.24) is 9.80 Å². The number of nitrogens with zero attached hydrogens (tertiary/aromatic N) is 2. The summed E-state index contributed by atoms with van der Waals surface area (Å²) in [4.78, 5) is 19.1. The maximum atomic E-state index is 13.1. The van der Waals surface area contributed by atoms with Crippen LogP contribution in [0.25, 0.3) is 0 Å². The molecule has 0 radical (unpaired) electrons. The minimum absolute atomic E-state index is 0.0559. The molecule has 26 heavy (non-hydrogen) atoms. The number of carbonyl (C=O) groups excluding carboxylic acids is 1. The van der Waals surface area contributed by atoms with Crippen molar-refractivity contribution in [1.29, 1.82) is 0 Å². The van der Waals surface area contributed by atoms with Gasteiger partial charge in [0.2, 0.25) is 5.91 Å². The lowest BCUT2D eigenvalue weighted by atomic mass is 9.77. The second kappa shape index (κ2) is 7.45. The Morgan fingerprint density at radius 3 is 2.77 bits per heavy atom. The highest BCUT2D eigenvalue weighted by molar-refractivity contribution is 7.09. The summed E-state index contributed by atoms with van der Waals surface area (Å²) in [5.74, 6) is 0.350. The van der Waals surface area contributed by atoms with Crippen LogP contribution in [0.1, 0.15) is 43.9 Å². The fraction of sp³-hybridized carbons (Fsp3) is 0.667. The molecule has 1 aromatic rings. The molecule has 4 rings (SSSR count). The minimum Gasteiger partial charge on any atom is -0.372 e. The maximum Gasteiger partial charge on any atom is 0.228 e. The van der Waals surface area contributed by atoms with E-state index in [-0.39, 0.29) is 11.0 Å². The van der Waals surface area contributed by atoms with Crippen molar-refractivity contribution in [2.75, 3.05) is 32.8 Å². The molecule has 3 heterocycles. The minimum atomic E-state index is -0.197. The number of amides is 1. The van der Waals surface area contributed by atoms with Gasteiger partial charge in [-0.15, -0.1) is 11.3 Å². The van der Waals surface area contributed by atoms with Crippen LogP contribution in [-0.4, -0.2) is 54.1 Å². The van der Waals surface area contributed by atoms with Crippen molar-refractivity contribution >= 4 is 17.2 Å². The number of hydrogen-bond donors (Lipinski definition) is 0. The third-order valence-corrected chi connectivity index (χ3v) is 7.22. The van der Waals surface area contributed by atoms with Crippen LogP contribution in [0.5, 0.6) is 0 Å². The molecule has 1 spiro atoms. The molecule has 1 aromatic heterocycles. The topological polar surface area (TPSA) is 32.8 Å². The molecule has 1 aliphatic carbocycles. The molecule has 2 aliphatic heterocycles. The van der Waals surface area contributed by atoms with E-state index < -0.39 is 0 Å². The van der Waals surface area contributed by atoms with Gasteiger partial charge in [0.25, 0.3) is 0 Å². The Morgan fingerprint density at radius 1 is 1.23 bits per heavy atom. The molecule has 5 heteroatoms. The molecule has 0 N–H and O–H groups in total. The summed E-state index contributed by atoms with van der Waals surface area (Å²) < 4.78 is 6.27. The average molecular weight is 375 g/mol. The lowest BCUT2D eigenvalue weighted by molar-refractivity contribution is -0.158. The molecule has 1 amide bonds. The first-order chi connectivity index (χ1) is 12.6. The quantitative estimate of drug-likeness (QED) is 0.757. The van der Waals surface area contributed by atoms with Gasteiger partial charge in [0, 0.05) is 37.6 Å². The van der Waals surface area contributed by atoms with Crippen molar-refractivity contribution in [2.45, 2.75) is 51.2 Å². The summed E-state index contributed by atoms with van der Waals surface area (Å²) in [7, 11) is 0. The van der Waals surface area contributed by atoms with E-state index in [1.807, 2.05) is 11.3 Å². The molecule has 2 saturated heterocycles. The normalized spacial score (nSPS) is 29.2. The Bertz CT molecular complexity index is 649. The standard InChI is InChI=1S/C21H30N2O2S/c1-20(7-3-2-4-8-20)19(24)23-11-9-21(10-12-23)17-22(13-14-25-21)16-18-6-5-15-26-18/h2-3,5-6,15H,4,7-14,16-17H2,1H3. The number of hydrogen-bond acceptors (Lipinski definition) is 4. The van der Waals surface area contributed by atoms with Crippen molar-refractivity contribution in [2.24, 2.45) is 5.41 Å². The third-order valence-electron chi connectivity index (χ3n) is 6.36. The van der Waals surface area contributed by atoms with Crippen molar-refractivity contribution in [3.05, 3.63) is 34.5 Å². The summed E-state index contributed by atoms with van der Waals surface area (Å²) in [5.41, 5.74) is -0.252. The van der Waals surface area contributed by atoms with Crippen LogP contribution in [0.2, 0.25) is 0 Å². The van der Waals surface area contributed by atoms with E-state index in [2.05, 4.69) is 46.4 Å². The van der Waals surface area contributed by atoms with Crippen LogP contribution in [-0.2, 0) is 16.1 Å². The van der Waals surface area contributed by atoms with Crippen LogP contribution in [0.4, 0.5) is 0 Å². The van der Waals surface area contributed by atoms with Gasteiger partial charge in [-0.3, -0.25) is 9.69 Å². The van der Waals surface area contributed by atoms with Crippen LogP contribution in [0.15, 0.2) is 29.7 Å². The van der Waals surface area contributed by atoms with E-state index in [1.54, 1.807) is 0 Å². The largest absolute Gasteiger partial charge is 0.372 e. The van der Waals surface area contributed by atoms with Gasteiger partial charge in [-0.2, -0.15) is 0 Å². The molecule has 0 aromatic carbocycles. The smallest absolute Gasteiger partial charge is 0.228 e. The molecule has 0 bridgehead atoms. The highest BCUT2D eigenvalue weighted by Gasteiger charge is 2.43. The van der Waals surface area contributed by atoms with Gasteiger partial charge in [0.15, 0.2) is 0 Å². The molecule has 142 valence electrons. The zero-order chi connectivity index (χ0) is 18.0. The second-order valence-electron chi connectivity index (χ2n) is 8.39. The fourth-order valence-electron chi connectivity index (χ4n) is 4.64. The van der Waals surface area contributed by atoms with Gasteiger partial charge in [-0.05, 0) is 43.6 Å². The number of piperidine rings is 1. The van der Waals surface area contributed by atoms with Gasteiger partial charge in [-0.1, -0.05) is 25.1 Å². The number of morpholine rings is 1. The predicted octanol–water partition coefficient (Wildman–Crippen LogP) is 3.69. The van der Waals surface area contributed by atoms with E-state index in [4.69, 9.17) is 4.74 Å². The van der Waals surface area contributed by atoms with Crippen molar-refractivity contribution in [3.8, 4) is 0 Å². The fourth-order valence-corrected chi connectivity index (χ4v) is 5.39. The van der Waals surface area contributed by atoms with E-state index in [1.165, 1.54) is 4.88 Å². The van der Waals surface area contributed by atoms with Crippen LogP contribution in [0.3, 0.4) is 0 Å². The van der Waals surface area contributed by atoms with Gasteiger partial charge >= 0.3 is 0 Å². The molecule has 3 aliphatic rings. The Hall–Kier alpha value is -1.17. The summed E-state index contributed by atoms with van der Waals surface area (Å²) in [6.45, 7) is 7.65. The van der Waals surface area contributed by atoms with Gasteiger partial charge < -0.3 is 9.64 Å². The van der Waals surface area contributed by atoms with Crippen LogP contribution >= 0.6 is 11.3 Å². The summed E-state index contributed by atoms with van der Waals surface area (Å²) in [6.07, 6.45) is 9.21. The molecule has 1 unspecified atom stereocenters. The van der Waals surface area contributed by atoms with Crippen LogP contribution < -0.4 is 0 Å². The number of thiophene rings is 1. The molecular formula is C21H30N2O2S. The highest BCUT2D eigenvalue weighted by atomic mass is 32.1. The molecule has 2 fully saturated rings. The molecular weight excluding hydrogens is 344 g/mol. The maximum absolute atomic E-state index is 13.1. The number of rotatable bonds is 3. The van der Waals surface area contributed by atoms with E-state index in [0.29, 0.717) is 5.91 Å². The lowest BCUT2D eigenvalue weighted by Gasteiger charge is -2.48. The van der Waals surface area contributed by atoms with Crippen molar-refractivity contribution in [3.63, 3.8) is 0 Å². The Kier molecular flexibility index (Phi) is 5.22. The monoisotopic (exact) mass is 374 g/mol. The zero-order valence-electron chi connectivity index (χ0n) is 15.8. The zero-order valence-corrected chi connectivity index (χ0v) is 16.6. The van der Waals surface area contributed by atoms with E-state index in [0.717, 1.165) is 71.4 Å². The average Bonchev–Trinajstić information content (AvgIpc) is 3.16. The summed E-state index contributed by atoms with van der Waals surface area (Å²) in [5, 5.41) is 2.15. The molecule has 1 atom stereocenters. The first-order valence-electron chi connectivity index (χ1n) is 9.92. The number of likely N-dealkylation sites (tertiary alicyclic amines) is 1. The Labute approximate surface area is 160 Å². The predicted molar refractivity (Wildman–Crippen MR) is 105 cm³/mol. The second-order valence-corrected chi connectivity index (χ2v) is 9.42. The van der Waals surface area contributed by atoms with E-state index >= 15 is 0 Å². The van der Waals surface area contributed by atoms with Gasteiger partial charge in [-0.25, -0.2) is 0 Å². The van der Waals surface area contributed by atoms with Crippen molar-refractivity contribution < 1.29 is 9.53 Å². The van der Waals surface area contributed by atoms with Crippen LogP contribution in [0, 0.1) is 5.41 Å². The highest BCUT2D eigenvalue weighted by Crippen LogP contribution is 2.37. The van der Waals surface area contributed by atoms with Gasteiger partial charge in [0.05, 0.1) is 17.6 Å². The SMILES string of the molecule is CC1(C(=O)N2CCC3(CC2)CN(Cc2cccs2)CCO3)CC=CCC1. The number of ether oxygens (including phenoxy) is 1. The molecule has 0 saturated carbocycles. The first kappa shape index (κ1) is 18.2. The molecule has 4 nitrogen and oxygen atoms in total. The summed E-state index contributed by atoms with van der Waals surface area (Å²) in [6, 6.07) is 4.34. The van der Waals surface area contributed by atoms with E-state index in [9.17, 15) is 4.79 Å². The Balaban J connectivity index is 1.35.